The standard InChI is InChI=1S/C17H17ClN2O3S/c1-12-6-7-16(15(18)10-12)19-17(21)13-4-2-5-14(11-13)20-8-3-9-24(20,22)23/h2,4-7,10-11H,3,8-9H2,1H3,(H,19,21). The van der Waals surface area contributed by atoms with E-state index in [1.165, 1.54) is 4.31 Å². The molecule has 1 aliphatic rings. The van der Waals surface area contributed by atoms with E-state index in [2.05, 4.69) is 5.32 Å². The van der Waals surface area contributed by atoms with Gasteiger partial charge < -0.3 is 5.32 Å². The predicted octanol–water partition coefficient (Wildman–Crippen LogP) is 3.44. The number of sulfonamides is 1. The van der Waals surface area contributed by atoms with Crippen LogP contribution in [-0.2, 0) is 10.0 Å². The smallest absolute Gasteiger partial charge is 0.255 e. The molecule has 2 aromatic rings. The zero-order valence-corrected chi connectivity index (χ0v) is 14.7. The Labute approximate surface area is 146 Å². The molecule has 1 aliphatic heterocycles. The van der Waals surface area contributed by atoms with Gasteiger partial charge in [0.1, 0.15) is 0 Å². The number of benzene rings is 2. The lowest BCUT2D eigenvalue weighted by molar-refractivity contribution is 0.102. The number of anilines is 2. The Morgan fingerprint density at radius 1 is 1.21 bits per heavy atom. The van der Waals surface area contributed by atoms with Gasteiger partial charge in [-0.2, -0.15) is 0 Å². The largest absolute Gasteiger partial charge is 0.321 e. The Kier molecular flexibility index (Phi) is 4.51. The van der Waals surface area contributed by atoms with Crippen LogP contribution in [0.1, 0.15) is 22.3 Å². The molecule has 2 aromatic carbocycles. The quantitative estimate of drug-likeness (QED) is 0.907. The van der Waals surface area contributed by atoms with Crippen molar-refractivity contribution in [2.24, 2.45) is 0 Å². The lowest BCUT2D eigenvalue weighted by Gasteiger charge is -2.17. The highest BCUT2D eigenvalue weighted by atomic mass is 35.5. The maximum Gasteiger partial charge on any atom is 0.255 e. The second-order valence-corrected chi connectivity index (χ2v) is 8.15. The number of carbonyl (C=O) groups excluding carboxylic acids is 1. The Hall–Kier alpha value is -2.05. The lowest BCUT2D eigenvalue weighted by Crippen LogP contribution is -2.25. The average Bonchev–Trinajstić information content (AvgIpc) is 2.89. The van der Waals surface area contributed by atoms with Crippen molar-refractivity contribution in [3.05, 3.63) is 58.6 Å². The fourth-order valence-corrected chi connectivity index (χ4v) is 4.49. The van der Waals surface area contributed by atoms with Gasteiger partial charge in [0.25, 0.3) is 5.91 Å². The summed E-state index contributed by atoms with van der Waals surface area (Å²) in [6.07, 6.45) is 0.595. The number of hydrogen-bond donors (Lipinski definition) is 1. The van der Waals surface area contributed by atoms with Crippen LogP contribution in [0, 0.1) is 6.92 Å². The molecule has 1 heterocycles. The molecule has 5 nitrogen and oxygen atoms in total. The molecular formula is C17H17ClN2O3S. The minimum Gasteiger partial charge on any atom is -0.321 e. The predicted molar refractivity (Wildman–Crippen MR) is 96.3 cm³/mol. The molecular weight excluding hydrogens is 348 g/mol. The molecule has 0 atom stereocenters. The Balaban J connectivity index is 1.84. The Morgan fingerprint density at radius 3 is 2.67 bits per heavy atom. The van der Waals surface area contributed by atoms with E-state index in [0.29, 0.717) is 34.9 Å². The van der Waals surface area contributed by atoms with Crippen molar-refractivity contribution < 1.29 is 13.2 Å². The van der Waals surface area contributed by atoms with E-state index in [4.69, 9.17) is 11.6 Å². The van der Waals surface area contributed by atoms with Gasteiger partial charge in [-0.3, -0.25) is 9.10 Å². The highest BCUT2D eigenvalue weighted by Crippen LogP contribution is 2.26. The fourth-order valence-electron chi connectivity index (χ4n) is 2.65. The van der Waals surface area contributed by atoms with Gasteiger partial charge in [-0.25, -0.2) is 8.42 Å². The maximum atomic E-state index is 12.4. The van der Waals surface area contributed by atoms with Crippen LogP contribution in [0.3, 0.4) is 0 Å². The minimum absolute atomic E-state index is 0.141. The monoisotopic (exact) mass is 364 g/mol. The fraction of sp³-hybridized carbons (Fsp3) is 0.235. The first-order valence-corrected chi connectivity index (χ1v) is 9.53. The topological polar surface area (TPSA) is 66.5 Å². The first kappa shape index (κ1) is 16.8. The lowest BCUT2D eigenvalue weighted by atomic mass is 10.1. The number of aryl methyl sites for hydroxylation is 1. The van der Waals surface area contributed by atoms with E-state index < -0.39 is 10.0 Å². The molecule has 0 radical (unpaired) electrons. The van der Waals surface area contributed by atoms with Crippen molar-refractivity contribution in [3.63, 3.8) is 0 Å². The molecule has 1 saturated heterocycles. The second-order valence-electron chi connectivity index (χ2n) is 5.73. The summed E-state index contributed by atoms with van der Waals surface area (Å²) in [5.41, 5.74) is 2.41. The molecule has 7 heteroatoms. The number of nitrogens with one attached hydrogen (secondary N) is 1. The van der Waals surface area contributed by atoms with Gasteiger partial charge >= 0.3 is 0 Å². The number of hydrogen-bond acceptors (Lipinski definition) is 3. The second kappa shape index (κ2) is 6.45. The molecule has 1 fully saturated rings. The maximum absolute atomic E-state index is 12.4. The zero-order valence-electron chi connectivity index (χ0n) is 13.1. The van der Waals surface area contributed by atoms with Gasteiger partial charge in [-0.05, 0) is 49.2 Å². The summed E-state index contributed by atoms with van der Waals surface area (Å²) >= 11 is 6.13. The van der Waals surface area contributed by atoms with Crippen molar-refractivity contribution in [2.75, 3.05) is 21.9 Å². The number of nitrogens with zero attached hydrogens (tertiary/aromatic N) is 1. The summed E-state index contributed by atoms with van der Waals surface area (Å²) in [5.74, 6) is -0.193. The van der Waals surface area contributed by atoms with Crippen molar-refractivity contribution >= 4 is 38.9 Å². The molecule has 1 amide bonds. The van der Waals surface area contributed by atoms with Crippen LogP contribution in [0.2, 0.25) is 5.02 Å². The molecule has 0 aliphatic carbocycles. The highest BCUT2D eigenvalue weighted by molar-refractivity contribution is 7.93. The number of halogens is 1. The van der Waals surface area contributed by atoms with E-state index >= 15 is 0 Å². The summed E-state index contributed by atoms with van der Waals surface area (Å²) in [6, 6.07) is 12.0. The van der Waals surface area contributed by atoms with Crippen molar-refractivity contribution in [3.8, 4) is 0 Å². The summed E-state index contributed by atoms with van der Waals surface area (Å²) < 4.78 is 25.4. The van der Waals surface area contributed by atoms with Crippen LogP contribution in [-0.4, -0.2) is 26.6 Å². The third kappa shape index (κ3) is 3.39. The van der Waals surface area contributed by atoms with E-state index in [1.54, 1.807) is 36.4 Å². The Bertz CT molecular complexity index is 896. The molecule has 24 heavy (non-hydrogen) atoms. The normalized spacial score (nSPS) is 16.2. The van der Waals surface area contributed by atoms with E-state index in [-0.39, 0.29) is 11.7 Å². The van der Waals surface area contributed by atoms with Gasteiger partial charge in [-0.1, -0.05) is 23.7 Å². The first-order valence-electron chi connectivity index (χ1n) is 7.55. The van der Waals surface area contributed by atoms with Crippen LogP contribution >= 0.6 is 11.6 Å². The van der Waals surface area contributed by atoms with Crippen molar-refractivity contribution in [1.82, 2.24) is 0 Å². The number of carbonyl (C=O) groups is 1. The highest BCUT2D eigenvalue weighted by Gasteiger charge is 2.28. The summed E-state index contributed by atoms with van der Waals surface area (Å²) in [7, 11) is -3.27. The zero-order chi connectivity index (χ0) is 17.3. The van der Waals surface area contributed by atoms with Crippen molar-refractivity contribution in [1.29, 1.82) is 0 Å². The third-order valence-electron chi connectivity index (χ3n) is 3.87. The molecule has 0 unspecified atom stereocenters. The van der Waals surface area contributed by atoms with Gasteiger partial charge in [-0.15, -0.1) is 0 Å². The van der Waals surface area contributed by atoms with Crippen LogP contribution in [0.5, 0.6) is 0 Å². The van der Waals surface area contributed by atoms with Gasteiger partial charge in [0.2, 0.25) is 10.0 Å². The van der Waals surface area contributed by atoms with Crippen LogP contribution in [0.25, 0.3) is 0 Å². The molecule has 0 spiro atoms. The average molecular weight is 365 g/mol. The third-order valence-corrected chi connectivity index (χ3v) is 6.05. The van der Waals surface area contributed by atoms with Crippen molar-refractivity contribution in [2.45, 2.75) is 13.3 Å². The van der Waals surface area contributed by atoms with Crippen LogP contribution < -0.4 is 9.62 Å². The molecule has 0 aromatic heterocycles. The number of rotatable bonds is 3. The SMILES string of the molecule is Cc1ccc(NC(=O)c2cccc(N3CCCS3(=O)=O)c2)c(Cl)c1. The van der Waals surface area contributed by atoms with Crippen LogP contribution in [0.15, 0.2) is 42.5 Å². The first-order chi connectivity index (χ1) is 11.4. The summed E-state index contributed by atoms with van der Waals surface area (Å²) in [5, 5.41) is 3.21. The van der Waals surface area contributed by atoms with Crippen LogP contribution in [0.4, 0.5) is 11.4 Å². The molecule has 1 N–H and O–H groups in total. The van der Waals surface area contributed by atoms with Gasteiger partial charge in [0, 0.05) is 12.1 Å². The molecule has 3 rings (SSSR count). The molecule has 126 valence electrons. The van der Waals surface area contributed by atoms with E-state index in [1.807, 2.05) is 13.0 Å². The molecule has 0 bridgehead atoms. The van der Waals surface area contributed by atoms with E-state index in [0.717, 1.165) is 5.56 Å². The summed E-state index contributed by atoms with van der Waals surface area (Å²) in [4.78, 5) is 12.4. The number of amides is 1. The van der Waals surface area contributed by atoms with Gasteiger partial charge in [0.05, 0.1) is 22.2 Å². The van der Waals surface area contributed by atoms with E-state index in [9.17, 15) is 13.2 Å². The molecule has 0 saturated carbocycles. The Morgan fingerprint density at radius 2 is 2.00 bits per heavy atom. The summed E-state index contributed by atoms with van der Waals surface area (Å²) in [6.45, 7) is 2.36. The van der Waals surface area contributed by atoms with Gasteiger partial charge in [0.15, 0.2) is 0 Å². The minimum atomic E-state index is -3.27.